The Kier molecular flexibility index (Phi) is 7.55. The van der Waals surface area contributed by atoms with Crippen molar-refractivity contribution in [3.8, 4) is 0 Å². The molecule has 0 saturated carbocycles. The van der Waals surface area contributed by atoms with Gasteiger partial charge in [0.05, 0.1) is 12.0 Å². The molecule has 6 heteroatoms. The molecule has 1 aliphatic carbocycles. The highest BCUT2D eigenvalue weighted by Crippen LogP contribution is 2.35. The molecular weight excluding hydrogens is 366 g/mol. The average Bonchev–Trinajstić information content (AvgIpc) is 3.19. The molecule has 0 amide bonds. The van der Waals surface area contributed by atoms with E-state index in [1.807, 2.05) is 6.08 Å². The first-order valence-electron chi connectivity index (χ1n) is 10.6. The van der Waals surface area contributed by atoms with Gasteiger partial charge in [-0.05, 0) is 38.0 Å². The number of amidine groups is 1. The molecule has 1 aromatic rings. The fourth-order valence-corrected chi connectivity index (χ4v) is 4.39. The number of nitrogens with zero attached hydrogens (tertiary/aromatic N) is 2. The van der Waals surface area contributed by atoms with E-state index in [1.165, 1.54) is 12.5 Å². The van der Waals surface area contributed by atoms with E-state index in [9.17, 15) is 9.59 Å². The first-order chi connectivity index (χ1) is 14.1. The van der Waals surface area contributed by atoms with E-state index >= 15 is 0 Å². The molecule has 4 unspecified atom stereocenters. The Balaban J connectivity index is 1.49. The lowest BCUT2D eigenvalue weighted by molar-refractivity contribution is -0.121. The number of ketones is 2. The number of rotatable bonds is 9. The third-order valence-corrected chi connectivity index (χ3v) is 5.94. The summed E-state index contributed by atoms with van der Waals surface area (Å²) in [6.45, 7) is 4.68. The molecule has 4 atom stereocenters. The van der Waals surface area contributed by atoms with Crippen LogP contribution in [0.1, 0.15) is 63.1 Å². The molecule has 0 saturated heterocycles. The standard InChI is InChI=1S/C23H31N3O3/c1-3-17-15-25-21(26-19-10-8-9-18(16(2)27)22(17)19)12-7-5-4-6-11-20(28)23-24-13-14-29-23/h4-5,8-9,13-14,17-19,22H,3,6-7,10-12,15H2,1-2H3,(H,25,26)/b5-4+. The summed E-state index contributed by atoms with van der Waals surface area (Å²) in [4.78, 5) is 32.7. The van der Waals surface area contributed by atoms with Crippen molar-refractivity contribution < 1.29 is 14.0 Å². The Morgan fingerprint density at radius 2 is 2.14 bits per heavy atom. The number of carbonyl (C=O) groups excluding carboxylic acids is 2. The normalized spacial score (nSPS) is 26.5. The van der Waals surface area contributed by atoms with Gasteiger partial charge < -0.3 is 9.73 Å². The monoisotopic (exact) mass is 397 g/mol. The zero-order chi connectivity index (χ0) is 20.6. The molecule has 29 heavy (non-hydrogen) atoms. The molecule has 2 aliphatic rings. The second-order valence-corrected chi connectivity index (χ2v) is 7.89. The quantitative estimate of drug-likeness (QED) is 0.500. The summed E-state index contributed by atoms with van der Waals surface area (Å²) < 4.78 is 5.01. The minimum atomic E-state index is -0.0727. The van der Waals surface area contributed by atoms with Crippen molar-refractivity contribution in [1.29, 1.82) is 0 Å². The van der Waals surface area contributed by atoms with Crippen molar-refractivity contribution in [2.45, 2.75) is 58.4 Å². The summed E-state index contributed by atoms with van der Waals surface area (Å²) in [5.74, 6) is 2.15. The molecule has 0 fully saturated rings. The number of Topliss-reactive ketones (excluding diaryl/α,β-unsaturated/α-hetero) is 2. The highest BCUT2D eigenvalue weighted by molar-refractivity contribution is 5.91. The summed E-state index contributed by atoms with van der Waals surface area (Å²) in [6.07, 6.45) is 16.1. The summed E-state index contributed by atoms with van der Waals surface area (Å²) in [6, 6.07) is 0.280. The minimum absolute atomic E-state index is 0.00170. The molecule has 1 aromatic heterocycles. The lowest BCUT2D eigenvalue weighted by Crippen LogP contribution is -2.47. The SMILES string of the molecule is CCC1CN=C(CC/C=C/CCC(=O)c2ncco2)NC2CC=CC(C(C)=O)C12. The Bertz CT molecular complexity index is 779. The van der Waals surface area contributed by atoms with E-state index in [0.717, 1.165) is 38.1 Å². The summed E-state index contributed by atoms with van der Waals surface area (Å²) >= 11 is 0. The molecule has 3 rings (SSSR count). The molecule has 1 N–H and O–H groups in total. The van der Waals surface area contributed by atoms with E-state index in [-0.39, 0.29) is 29.4 Å². The summed E-state index contributed by atoms with van der Waals surface area (Å²) in [5, 5.41) is 3.63. The number of aromatic nitrogens is 1. The molecule has 2 heterocycles. The van der Waals surface area contributed by atoms with Crippen molar-refractivity contribution in [2.75, 3.05) is 6.54 Å². The van der Waals surface area contributed by atoms with Crippen molar-refractivity contribution >= 4 is 17.4 Å². The topological polar surface area (TPSA) is 84.6 Å². The van der Waals surface area contributed by atoms with Crippen LogP contribution in [-0.2, 0) is 4.79 Å². The molecule has 156 valence electrons. The van der Waals surface area contributed by atoms with Crippen LogP contribution in [-0.4, -0.2) is 35.0 Å². The molecule has 0 radical (unpaired) electrons. The van der Waals surface area contributed by atoms with E-state index in [1.54, 1.807) is 6.92 Å². The van der Waals surface area contributed by atoms with Crippen LogP contribution in [0.15, 0.2) is 46.2 Å². The van der Waals surface area contributed by atoms with Gasteiger partial charge >= 0.3 is 0 Å². The maximum absolute atomic E-state index is 12.1. The third-order valence-electron chi connectivity index (χ3n) is 5.94. The maximum Gasteiger partial charge on any atom is 0.263 e. The second kappa shape index (κ2) is 10.3. The predicted molar refractivity (Wildman–Crippen MR) is 113 cm³/mol. The van der Waals surface area contributed by atoms with Gasteiger partial charge in [0, 0.05) is 31.3 Å². The van der Waals surface area contributed by atoms with Crippen LogP contribution in [0.3, 0.4) is 0 Å². The highest BCUT2D eigenvalue weighted by Gasteiger charge is 2.39. The molecule has 0 bridgehead atoms. The average molecular weight is 398 g/mol. The van der Waals surface area contributed by atoms with Gasteiger partial charge in [-0.3, -0.25) is 14.6 Å². The van der Waals surface area contributed by atoms with Crippen LogP contribution in [0.5, 0.6) is 0 Å². The maximum atomic E-state index is 12.1. The zero-order valence-electron chi connectivity index (χ0n) is 17.3. The summed E-state index contributed by atoms with van der Waals surface area (Å²) in [5.41, 5.74) is 0. The molecule has 0 spiro atoms. The predicted octanol–water partition coefficient (Wildman–Crippen LogP) is 4.15. The highest BCUT2D eigenvalue weighted by atomic mass is 16.3. The van der Waals surface area contributed by atoms with E-state index in [2.05, 4.69) is 35.5 Å². The number of hydrogen-bond acceptors (Lipinski definition) is 6. The molecular formula is C23H31N3O3. The van der Waals surface area contributed by atoms with E-state index in [4.69, 9.17) is 9.41 Å². The van der Waals surface area contributed by atoms with Crippen molar-refractivity contribution in [2.24, 2.45) is 22.7 Å². The molecule has 1 aliphatic heterocycles. The van der Waals surface area contributed by atoms with Crippen molar-refractivity contribution in [3.63, 3.8) is 0 Å². The van der Waals surface area contributed by atoms with Crippen LogP contribution in [0.4, 0.5) is 0 Å². The zero-order valence-corrected chi connectivity index (χ0v) is 17.3. The van der Waals surface area contributed by atoms with E-state index < -0.39 is 0 Å². The van der Waals surface area contributed by atoms with Crippen LogP contribution in [0.2, 0.25) is 0 Å². The van der Waals surface area contributed by atoms with Gasteiger partial charge in [-0.15, -0.1) is 0 Å². The number of allylic oxidation sites excluding steroid dienone is 3. The minimum Gasteiger partial charge on any atom is -0.442 e. The largest absolute Gasteiger partial charge is 0.442 e. The van der Waals surface area contributed by atoms with Crippen molar-refractivity contribution in [3.05, 3.63) is 42.7 Å². The smallest absolute Gasteiger partial charge is 0.263 e. The fraction of sp³-hybridized carbons (Fsp3) is 0.565. The lowest BCUT2D eigenvalue weighted by Gasteiger charge is -2.37. The van der Waals surface area contributed by atoms with Crippen molar-refractivity contribution in [1.82, 2.24) is 10.3 Å². The molecule has 6 nitrogen and oxygen atoms in total. The Labute approximate surface area is 172 Å². The van der Waals surface area contributed by atoms with Gasteiger partial charge in [-0.1, -0.05) is 37.6 Å². The Hall–Kier alpha value is -2.50. The Morgan fingerprint density at radius 1 is 1.31 bits per heavy atom. The van der Waals surface area contributed by atoms with Crippen LogP contribution < -0.4 is 5.32 Å². The van der Waals surface area contributed by atoms with E-state index in [0.29, 0.717) is 24.7 Å². The van der Waals surface area contributed by atoms with Gasteiger partial charge in [0.1, 0.15) is 12.0 Å². The Morgan fingerprint density at radius 3 is 2.86 bits per heavy atom. The first kappa shape index (κ1) is 21.2. The fourth-order valence-electron chi connectivity index (χ4n) is 4.39. The first-order valence-corrected chi connectivity index (χ1v) is 10.6. The summed E-state index contributed by atoms with van der Waals surface area (Å²) in [7, 11) is 0. The van der Waals surface area contributed by atoms with Crippen LogP contribution in [0, 0.1) is 17.8 Å². The van der Waals surface area contributed by atoms with Gasteiger partial charge in [0.25, 0.3) is 5.89 Å². The molecule has 0 aromatic carbocycles. The number of aliphatic imine (C=N–C) groups is 1. The van der Waals surface area contributed by atoms with Gasteiger partial charge in [0.2, 0.25) is 5.78 Å². The van der Waals surface area contributed by atoms with Gasteiger partial charge in [0.15, 0.2) is 0 Å². The number of fused-ring (bicyclic) bond motifs is 1. The number of hydrogen-bond donors (Lipinski definition) is 1. The lowest BCUT2D eigenvalue weighted by atomic mass is 9.70. The number of nitrogens with one attached hydrogen (secondary N) is 1. The van der Waals surface area contributed by atoms with Gasteiger partial charge in [-0.25, -0.2) is 4.98 Å². The van der Waals surface area contributed by atoms with Gasteiger partial charge in [-0.2, -0.15) is 0 Å². The number of oxazole rings is 1. The van der Waals surface area contributed by atoms with Crippen LogP contribution >= 0.6 is 0 Å². The van der Waals surface area contributed by atoms with Crippen LogP contribution in [0.25, 0.3) is 0 Å². The number of carbonyl (C=O) groups is 2. The second-order valence-electron chi connectivity index (χ2n) is 7.89. The third kappa shape index (κ3) is 5.52.